The largest absolute Gasteiger partial charge is 0.462 e. The number of rotatable bonds is 7. The molecule has 2 aromatic rings. The van der Waals surface area contributed by atoms with Crippen molar-refractivity contribution in [2.45, 2.75) is 56.4 Å². The van der Waals surface area contributed by atoms with Crippen molar-refractivity contribution >= 4 is 45.8 Å². The summed E-state index contributed by atoms with van der Waals surface area (Å²) in [6.07, 6.45) is 5.56. The van der Waals surface area contributed by atoms with Gasteiger partial charge >= 0.3 is 5.97 Å². The van der Waals surface area contributed by atoms with E-state index >= 15 is 0 Å². The first kappa shape index (κ1) is 23.1. The van der Waals surface area contributed by atoms with Crippen LogP contribution in [0.2, 0.25) is 0 Å². The van der Waals surface area contributed by atoms with Crippen molar-refractivity contribution in [2.75, 3.05) is 23.4 Å². The molecule has 8 nitrogen and oxygen atoms in total. The van der Waals surface area contributed by atoms with E-state index in [9.17, 15) is 20.1 Å². The summed E-state index contributed by atoms with van der Waals surface area (Å²) < 4.78 is 5.24. The summed E-state index contributed by atoms with van der Waals surface area (Å²) in [5, 5.41) is 22.9. The number of hydrogen-bond donors (Lipinski definition) is 2. The number of nitriles is 2. The third-order valence-corrected chi connectivity index (χ3v) is 7.87. The lowest BCUT2D eigenvalue weighted by atomic mass is 9.95. The Bertz CT molecular complexity index is 1200. The van der Waals surface area contributed by atoms with Gasteiger partial charge in [-0.05, 0) is 62.5 Å². The fourth-order valence-electron chi connectivity index (χ4n) is 4.08. The van der Waals surface area contributed by atoms with Gasteiger partial charge in [0.15, 0.2) is 0 Å². The Morgan fingerprint density at radius 2 is 1.97 bits per heavy atom. The number of nitrogens with zero attached hydrogens (tertiary/aromatic N) is 3. The second kappa shape index (κ2) is 9.82. The highest BCUT2D eigenvalue weighted by Gasteiger charge is 2.33. The van der Waals surface area contributed by atoms with Crippen molar-refractivity contribution in [1.29, 1.82) is 10.5 Å². The van der Waals surface area contributed by atoms with E-state index in [1.54, 1.807) is 6.92 Å². The van der Waals surface area contributed by atoms with Gasteiger partial charge < -0.3 is 15.8 Å². The number of pyridine rings is 1. The molecule has 170 valence electrons. The lowest BCUT2D eigenvalue weighted by Crippen LogP contribution is -2.17. The van der Waals surface area contributed by atoms with Gasteiger partial charge in [-0.3, -0.25) is 4.79 Å². The first-order valence-corrected chi connectivity index (χ1v) is 12.7. The maximum Gasteiger partial charge on any atom is 0.341 e. The number of nitrogen functional groups attached to an aromatic ring is 1. The molecular weight excluding hydrogens is 458 g/mol. The monoisotopic (exact) mass is 481 g/mol. The number of anilines is 2. The van der Waals surface area contributed by atoms with Crippen LogP contribution < -0.4 is 11.1 Å². The summed E-state index contributed by atoms with van der Waals surface area (Å²) in [4.78, 5) is 30.7. The first-order valence-electron chi connectivity index (χ1n) is 10.9. The molecule has 2 aliphatic carbocycles. The Kier molecular flexibility index (Phi) is 6.87. The number of carbonyl (C=O) groups excluding carboxylic acids is 2. The highest BCUT2D eigenvalue weighted by atomic mass is 32.2. The molecule has 0 aromatic carbocycles. The molecule has 33 heavy (non-hydrogen) atoms. The number of aromatic nitrogens is 1. The minimum Gasteiger partial charge on any atom is -0.462 e. The fourth-order valence-corrected chi connectivity index (χ4v) is 6.18. The van der Waals surface area contributed by atoms with Gasteiger partial charge in [0.05, 0.1) is 29.1 Å². The Morgan fingerprint density at radius 1 is 1.24 bits per heavy atom. The molecule has 10 heteroatoms. The summed E-state index contributed by atoms with van der Waals surface area (Å²) in [5.41, 5.74) is 8.65. The van der Waals surface area contributed by atoms with Gasteiger partial charge in [-0.1, -0.05) is 11.8 Å². The molecule has 1 amide bonds. The van der Waals surface area contributed by atoms with Crippen LogP contribution in [0.1, 0.15) is 76.0 Å². The van der Waals surface area contributed by atoms with E-state index in [-0.39, 0.29) is 35.6 Å². The van der Waals surface area contributed by atoms with Crippen LogP contribution in [0.5, 0.6) is 0 Å². The quantitative estimate of drug-likeness (QED) is 0.444. The van der Waals surface area contributed by atoms with E-state index in [0.29, 0.717) is 26.7 Å². The van der Waals surface area contributed by atoms with Crippen LogP contribution >= 0.6 is 23.1 Å². The zero-order valence-electron chi connectivity index (χ0n) is 18.2. The summed E-state index contributed by atoms with van der Waals surface area (Å²) >= 11 is 2.53. The molecule has 0 saturated heterocycles. The molecule has 0 bridgehead atoms. The Hall–Kier alpha value is -3.08. The molecule has 3 N–H and O–H groups in total. The Morgan fingerprint density at radius 3 is 2.64 bits per heavy atom. The van der Waals surface area contributed by atoms with Gasteiger partial charge in [0.1, 0.15) is 28.0 Å². The van der Waals surface area contributed by atoms with Crippen LogP contribution in [0.3, 0.4) is 0 Å². The Balaban J connectivity index is 1.55. The number of carbonyl (C=O) groups is 2. The highest BCUT2D eigenvalue weighted by Crippen LogP contribution is 2.46. The van der Waals surface area contributed by atoms with Crippen LogP contribution in [0.25, 0.3) is 0 Å². The molecule has 2 aromatic heterocycles. The average molecular weight is 482 g/mol. The molecule has 0 atom stereocenters. The number of fused-ring (bicyclic) bond motifs is 1. The van der Waals surface area contributed by atoms with E-state index in [2.05, 4.69) is 22.4 Å². The van der Waals surface area contributed by atoms with Crippen molar-refractivity contribution in [2.24, 2.45) is 0 Å². The summed E-state index contributed by atoms with van der Waals surface area (Å²) in [7, 11) is 0. The topological polar surface area (TPSA) is 142 Å². The number of amides is 1. The van der Waals surface area contributed by atoms with Crippen molar-refractivity contribution < 1.29 is 14.3 Å². The number of ether oxygens (including phenoxy) is 1. The number of thioether (sulfide) groups is 1. The number of hydrogen-bond acceptors (Lipinski definition) is 9. The van der Waals surface area contributed by atoms with Crippen LogP contribution in [0.15, 0.2) is 5.03 Å². The van der Waals surface area contributed by atoms with Crippen LogP contribution in [0.4, 0.5) is 10.8 Å². The molecule has 0 unspecified atom stereocenters. The minimum absolute atomic E-state index is 0.0119. The van der Waals surface area contributed by atoms with Crippen molar-refractivity contribution in [1.82, 2.24) is 4.98 Å². The van der Waals surface area contributed by atoms with Gasteiger partial charge in [-0.2, -0.15) is 10.5 Å². The van der Waals surface area contributed by atoms with Crippen molar-refractivity contribution in [3.63, 3.8) is 0 Å². The molecule has 0 spiro atoms. The third-order valence-electron chi connectivity index (χ3n) is 5.68. The molecule has 1 fully saturated rings. The standard InChI is InChI=1S/C23H23N5O3S2/c1-2-31-23(30)19-13-5-3-4-6-16(13)33-22(19)27-17(29)11-32-21-15(10-25)18(12-7-8-12)14(9-24)20(26)28-21/h12H,2-8,11H2,1H3,(H2,26,28)(H,27,29). The molecule has 4 rings (SSSR count). The molecule has 0 aliphatic heterocycles. The zero-order valence-corrected chi connectivity index (χ0v) is 19.8. The number of esters is 1. The SMILES string of the molecule is CCOC(=O)c1c(NC(=O)CSc2nc(N)c(C#N)c(C3CC3)c2C#N)sc2c1CCCC2. The average Bonchev–Trinajstić information content (AvgIpc) is 3.57. The fraction of sp³-hybridized carbons (Fsp3) is 0.435. The van der Waals surface area contributed by atoms with Crippen molar-refractivity contribution in [3.8, 4) is 12.1 Å². The zero-order chi connectivity index (χ0) is 23.5. The smallest absolute Gasteiger partial charge is 0.341 e. The van der Waals surface area contributed by atoms with Gasteiger partial charge in [0.25, 0.3) is 0 Å². The van der Waals surface area contributed by atoms with Gasteiger partial charge in [0.2, 0.25) is 5.91 Å². The molecule has 0 radical (unpaired) electrons. The van der Waals surface area contributed by atoms with Gasteiger partial charge in [-0.15, -0.1) is 11.3 Å². The second-order valence-electron chi connectivity index (χ2n) is 7.94. The van der Waals surface area contributed by atoms with E-state index in [1.807, 2.05) is 0 Å². The lowest BCUT2D eigenvalue weighted by molar-refractivity contribution is -0.113. The molecule has 1 saturated carbocycles. The molecule has 2 heterocycles. The maximum atomic E-state index is 12.8. The van der Waals surface area contributed by atoms with E-state index in [1.165, 1.54) is 11.3 Å². The van der Waals surface area contributed by atoms with Gasteiger partial charge in [0, 0.05) is 4.88 Å². The first-order chi connectivity index (χ1) is 16.0. The molecule has 2 aliphatic rings. The van der Waals surface area contributed by atoms with Gasteiger partial charge in [-0.25, -0.2) is 9.78 Å². The summed E-state index contributed by atoms with van der Waals surface area (Å²) in [5.74, 6) is -0.524. The maximum absolute atomic E-state index is 12.8. The number of aryl methyl sites for hydroxylation is 1. The summed E-state index contributed by atoms with van der Waals surface area (Å²) in [6, 6.07) is 4.22. The van der Waals surface area contributed by atoms with E-state index < -0.39 is 5.97 Å². The van der Waals surface area contributed by atoms with E-state index in [4.69, 9.17) is 10.5 Å². The predicted octanol–water partition coefficient (Wildman–Crippen LogP) is 4.13. The van der Waals surface area contributed by atoms with Crippen molar-refractivity contribution in [3.05, 3.63) is 32.7 Å². The predicted molar refractivity (Wildman–Crippen MR) is 126 cm³/mol. The number of thiophene rings is 1. The van der Waals surface area contributed by atoms with Crippen LogP contribution in [-0.2, 0) is 22.4 Å². The van der Waals surface area contributed by atoms with Crippen LogP contribution in [-0.4, -0.2) is 29.2 Å². The van der Waals surface area contributed by atoms with E-state index in [0.717, 1.165) is 60.7 Å². The summed E-state index contributed by atoms with van der Waals surface area (Å²) in [6.45, 7) is 2.02. The minimum atomic E-state index is -0.415. The number of nitrogens with one attached hydrogen (secondary N) is 1. The Labute approximate surface area is 200 Å². The number of nitrogens with two attached hydrogens (primary N) is 1. The third kappa shape index (κ3) is 4.68. The second-order valence-corrected chi connectivity index (χ2v) is 10.0. The highest BCUT2D eigenvalue weighted by molar-refractivity contribution is 8.00. The lowest BCUT2D eigenvalue weighted by Gasteiger charge is -2.13. The van der Waals surface area contributed by atoms with Crippen LogP contribution in [0, 0.1) is 22.7 Å². The normalized spacial score (nSPS) is 14.6. The molecular formula is C23H23N5O3S2.